The molecule has 0 atom stereocenters. The molecule has 0 unspecified atom stereocenters. The molecule has 4 nitrogen and oxygen atoms in total. The third kappa shape index (κ3) is 5.11. The maximum Gasteiger partial charge on any atom is 0.250 e. The average molecular weight is 442 g/mol. The first kappa shape index (κ1) is 19.5. The first-order valence-electron chi connectivity index (χ1n) is 8.49. The van der Waals surface area contributed by atoms with Crippen LogP contribution in [0.2, 0.25) is 0 Å². The van der Waals surface area contributed by atoms with Crippen LogP contribution >= 0.6 is 27.7 Å². The molecular formula is C21H20BrN3OS. The molecule has 1 amide bonds. The van der Waals surface area contributed by atoms with Crippen molar-refractivity contribution in [3.05, 3.63) is 82.1 Å². The number of hydrazone groups is 1. The lowest BCUT2D eigenvalue weighted by Gasteiger charge is -2.09. The van der Waals surface area contributed by atoms with Gasteiger partial charge in [0.2, 0.25) is 5.91 Å². The predicted molar refractivity (Wildman–Crippen MR) is 116 cm³/mol. The van der Waals surface area contributed by atoms with Crippen molar-refractivity contribution in [1.82, 2.24) is 9.99 Å². The van der Waals surface area contributed by atoms with Gasteiger partial charge in [-0.2, -0.15) is 5.10 Å². The van der Waals surface area contributed by atoms with E-state index in [1.165, 1.54) is 11.8 Å². The van der Waals surface area contributed by atoms with Crippen LogP contribution in [0.25, 0.3) is 5.69 Å². The highest BCUT2D eigenvalue weighted by Gasteiger charge is 2.09. The molecule has 6 heteroatoms. The molecule has 1 N–H and O–H groups in total. The summed E-state index contributed by atoms with van der Waals surface area (Å²) < 4.78 is 3.22. The first-order chi connectivity index (χ1) is 13.0. The van der Waals surface area contributed by atoms with E-state index in [0.29, 0.717) is 5.75 Å². The molecule has 0 aliphatic rings. The molecule has 0 fully saturated rings. The number of carbonyl (C=O) groups excluding carboxylic acids is 1. The van der Waals surface area contributed by atoms with E-state index in [2.05, 4.69) is 56.1 Å². The van der Waals surface area contributed by atoms with Crippen molar-refractivity contribution in [2.75, 3.05) is 5.75 Å². The van der Waals surface area contributed by atoms with Crippen molar-refractivity contribution in [2.24, 2.45) is 5.10 Å². The number of amides is 1. The van der Waals surface area contributed by atoms with Crippen LogP contribution in [0.1, 0.15) is 17.0 Å². The molecular weight excluding hydrogens is 422 g/mol. The highest BCUT2D eigenvalue weighted by molar-refractivity contribution is 9.10. The highest BCUT2D eigenvalue weighted by atomic mass is 79.9. The minimum Gasteiger partial charge on any atom is -0.318 e. The molecule has 0 spiro atoms. The lowest BCUT2D eigenvalue weighted by molar-refractivity contribution is -0.118. The zero-order chi connectivity index (χ0) is 19.2. The van der Waals surface area contributed by atoms with Crippen LogP contribution in [-0.2, 0) is 4.79 Å². The van der Waals surface area contributed by atoms with Gasteiger partial charge in [-0.15, -0.1) is 11.8 Å². The van der Waals surface area contributed by atoms with Crippen molar-refractivity contribution in [3.8, 4) is 5.69 Å². The number of nitrogens with one attached hydrogen (secondary N) is 1. The molecule has 2 aromatic carbocycles. The van der Waals surface area contributed by atoms with Crippen LogP contribution < -0.4 is 5.43 Å². The van der Waals surface area contributed by atoms with Gasteiger partial charge in [0.05, 0.1) is 12.0 Å². The van der Waals surface area contributed by atoms with Crippen LogP contribution in [0, 0.1) is 13.8 Å². The van der Waals surface area contributed by atoms with Crippen LogP contribution in [0.3, 0.4) is 0 Å². The Morgan fingerprint density at radius 2 is 1.85 bits per heavy atom. The maximum atomic E-state index is 12.0. The topological polar surface area (TPSA) is 46.4 Å². The van der Waals surface area contributed by atoms with Gasteiger partial charge in [-0.25, -0.2) is 5.43 Å². The molecule has 1 aromatic heterocycles. The average Bonchev–Trinajstić information content (AvgIpc) is 2.95. The standard InChI is InChI=1S/C21H20BrN3OS/c1-15-12-17(16(2)25(15)19-10-8-18(22)9-11-19)13-23-24-21(26)14-27-20-6-4-3-5-7-20/h3-13H,14H2,1-2H3,(H,24,26)/b23-13+. The van der Waals surface area contributed by atoms with Gasteiger partial charge in [0.15, 0.2) is 0 Å². The number of nitrogens with zero attached hydrogens (tertiary/aromatic N) is 2. The Labute approximate surface area is 171 Å². The van der Waals surface area contributed by atoms with E-state index in [4.69, 9.17) is 0 Å². The third-order valence-electron chi connectivity index (χ3n) is 4.06. The van der Waals surface area contributed by atoms with E-state index in [1.54, 1.807) is 6.21 Å². The summed E-state index contributed by atoms with van der Waals surface area (Å²) in [6.07, 6.45) is 1.70. The predicted octanol–water partition coefficient (Wildman–Crippen LogP) is 5.10. The van der Waals surface area contributed by atoms with Crippen molar-refractivity contribution >= 4 is 39.8 Å². The zero-order valence-corrected chi connectivity index (χ0v) is 17.5. The summed E-state index contributed by atoms with van der Waals surface area (Å²) >= 11 is 4.95. The van der Waals surface area contributed by atoms with Gasteiger partial charge in [0.1, 0.15) is 0 Å². The Morgan fingerprint density at radius 1 is 1.15 bits per heavy atom. The van der Waals surface area contributed by atoms with Crippen LogP contribution in [0.15, 0.2) is 75.1 Å². The Hall–Kier alpha value is -2.31. The summed E-state index contributed by atoms with van der Waals surface area (Å²) in [5, 5.41) is 4.12. The number of hydrogen-bond donors (Lipinski definition) is 1. The number of aromatic nitrogens is 1. The van der Waals surface area contributed by atoms with Gasteiger partial charge >= 0.3 is 0 Å². The Balaban J connectivity index is 1.63. The van der Waals surface area contributed by atoms with Crippen molar-refractivity contribution in [3.63, 3.8) is 0 Å². The van der Waals surface area contributed by atoms with Crippen LogP contribution in [0.4, 0.5) is 0 Å². The van der Waals surface area contributed by atoms with Crippen LogP contribution in [-0.4, -0.2) is 22.4 Å². The second kappa shape index (κ2) is 9.06. The van der Waals surface area contributed by atoms with Crippen molar-refractivity contribution in [2.45, 2.75) is 18.7 Å². The second-order valence-electron chi connectivity index (χ2n) is 6.03. The van der Waals surface area contributed by atoms with Crippen LogP contribution in [0.5, 0.6) is 0 Å². The fourth-order valence-electron chi connectivity index (χ4n) is 2.78. The normalized spacial score (nSPS) is 11.1. The summed E-state index contributed by atoms with van der Waals surface area (Å²) in [5.74, 6) is 0.209. The van der Waals surface area contributed by atoms with E-state index in [9.17, 15) is 4.79 Å². The fraction of sp³-hybridized carbons (Fsp3) is 0.143. The molecule has 1 heterocycles. The number of hydrogen-bond acceptors (Lipinski definition) is 3. The van der Waals surface area contributed by atoms with E-state index in [-0.39, 0.29) is 5.91 Å². The van der Waals surface area contributed by atoms with Gasteiger partial charge < -0.3 is 4.57 Å². The molecule has 27 heavy (non-hydrogen) atoms. The SMILES string of the molecule is Cc1cc(/C=N/NC(=O)CSc2ccccc2)c(C)n1-c1ccc(Br)cc1. The third-order valence-corrected chi connectivity index (χ3v) is 5.60. The Kier molecular flexibility index (Phi) is 6.53. The van der Waals surface area contributed by atoms with Gasteiger partial charge in [-0.1, -0.05) is 34.1 Å². The van der Waals surface area contributed by atoms with Crippen molar-refractivity contribution in [1.29, 1.82) is 0 Å². The molecule has 0 aliphatic heterocycles. The second-order valence-corrected chi connectivity index (χ2v) is 8.00. The Bertz CT molecular complexity index is 950. The maximum absolute atomic E-state index is 12.0. The number of benzene rings is 2. The van der Waals surface area contributed by atoms with Crippen molar-refractivity contribution < 1.29 is 4.79 Å². The molecule has 0 saturated heterocycles. The van der Waals surface area contributed by atoms with E-state index in [0.717, 1.165) is 32.0 Å². The Morgan fingerprint density at radius 3 is 2.56 bits per heavy atom. The fourth-order valence-corrected chi connectivity index (χ4v) is 3.75. The number of aryl methyl sites for hydroxylation is 1. The lowest BCUT2D eigenvalue weighted by atomic mass is 10.2. The lowest BCUT2D eigenvalue weighted by Crippen LogP contribution is -2.19. The molecule has 0 radical (unpaired) electrons. The zero-order valence-electron chi connectivity index (χ0n) is 15.1. The molecule has 3 rings (SSSR count). The summed E-state index contributed by atoms with van der Waals surface area (Å²) in [4.78, 5) is 13.0. The summed E-state index contributed by atoms with van der Waals surface area (Å²) in [5.41, 5.74) is 6.86. The molecule has 0 saturated carbocycles. The number of carbonyl (C=O) groups is 1. The first-order valence-corrected chi connectivity index (χ1v) is 10.3. The van der Waals surface area contributed by atoms with E-state index < -0.39 is 0 Å². The van der Waals surface area contributed by atoms with E-state index >= 15 is 0 Å². The minimum atomic E-state index is -0.123. The minimum absolute atomic E-state index is 0.123. The quantitative estimate of drug-likeness (QED) is 0.328. The van der Waals surface area contributed by atoms with E-state index in [1.807, 2.05) is 49.4 Å². The smallest absolute Gasteiger partial charge is 0.250 e. The summed E-state index contributed by atoms with van der Waals surface area (Å²) in [7, 11) is 0. The number of halogens is 1. The van der Waals surface area contributed by atoms with Gasteiger partial charge in [-0.05, 0) is 56.3 Å². The molecule has 0 aliphatic carbocycles. The summed E-state index contributed by atoms with van der Waals surface area (Å²) in [6.45, 7) is 4.10. The monoisotopic (exact) mass is 441 g/mol. The van der Waals surface area contributed by atoms with Gasteiger partial charge in [0.25, 0.3) is 0 Å². The number of thioether (sulfide) groups is 1. The molecule has 3 aromatic rings. The molecule has 138 valence electrons. The van der Waals surface area contributed by atoms with Gasteiger partial charge in [0, 0.05) is 32.0 Å². The largest absolute Gasteiger partial charge is 0.318 e. The highest BCUT2D eigenvalue weighted by Crippen LogP contribution is 2.21. The summed E-state index contributed by atoms with van der Waals surface area (Å²) in [6, 6.07) is 20.1. The molecule has 0 bridgehead atoms. The number of rotatable bonds is 6. The van der Waals surface area contributed by atoms with Gasteiger partial charge in [-0.3, -0.25) is 4.79 Å².